The van der Waals surface area contributed by atoms with E-state index in [0.29, 0.717) is 12.8 Å². The van der Waals surface area contributed by atoms with Crippen molar-refractivity contribution in [2.45, 2.75) is 86.8 Å². The molecule has 7 fully saturated rings. The average molecular weight is 480 g/mol. The molecule has 2 heterocycles. The number of carbonyl (C=O) groups is 1. The van der Waals surface area contributed by atoms with E-state index >= 15 is 0 Å². The predicted octanol–water partition coefficient (Wildman–Crippen LogP) is 0.306. The van der Waals surface area contributed by atoms with Crippen LogP contribution in [0.4, 0.5) is 0 Å². The largest absolute Gasteiger partial charge is 0.459 e. The number of hydrogen-bond acceptors (Lipinski definition) is 9. The van der Waals surface area contributed by atoms with Gasteiger partial charge in [0.05, 0.1) is 35.4 Å². The topological polar surface area (TPSA) is 107 Å². The Kier molecular flexibility index (Phi) is 4.44. The molecule has 7 rings (SSSR count). The fourth-order valence-corrected chi connectivity index (χ4v) is 11.1. The monoisotopic (exact) mass is 479 g/mol. The summed E-state index contributed by atoms with van der Waals surface area (Å²) in [4.78, 5) is 15.0. The fraction of sp³-hybridized carbons (Fsp3) is 0.960. The van der Waals surface area contributed by atoms with E-state index in [0.717, 1.165) is 25.9 Å². The SMILES string of the molecule is CCN1C[C@@H]2CC[C@H](OC)[C@]34[C@@H]2[C@@H](OC(C)=O)[C@@]2(OCO[C@]25C[C@@H](OC)[C@@H]2C[C@@]3(O)[C@H]5[C@@H]2O)[C@@H]14. The van der Waals surface area contributed by atoms with Crippen molar-refractivity contribution in [3.8, 4) is 0 Å². The lowest BCUT2D eigenvalue weighted by atomic mass is 9.43. The van der Waals surface area contributed by atoms with Gasteiger partial charge < -0.3 is 33.9 Å². The molecule has 0 radical (unpaired) electrons. The highest BCUT2D eigenvalue weighted by Crippen LogP contribution is 2.82. The van der Waals surface area contributed by atoms with Crippen LogP contribution in [0.3, 0.4) is 0 Å². The van der Waals surface area contributed by atoms with Crippen molar-refractivity contribution in [2.75, 3.05) is 34.1 Å². The van der Waals surface area contributed by atoms with Gasteiger partial charge in [-0.25, -0.2) is 0 Å². The number of likely N-dealkylation sites (N-methyl/N-ethyl adjacent to an activating group) is 1. The van der Waals surface area contributed by atoms with Crippen molar-refractivity contribution in [2.24, 2.45) is 29.1 Å². The van der Waals surface area contributed by atoms with E-state index in [1.54, 1.807) is 14.2 Å². The number of carbonyl (C=O) groups excluding carboxylic acids is 1. The molecule has 0 aromatic rings. The highest BCUT2D eigenvalue weighted by molar-refractivity contribution is 5.67. The Balaban J connectivity index is 1.59. The van der Waals surface area contributed by atoms with Crippen LogP contribution in [-0.2, 0) is 28.5 Å². The molecule has 2 N–H and O–H groups in total. The smallest absolute Gasteiger partial charge is 0.303 e. The molecule has 9 nitrogen and oxygen atoms in total. The molecular formula is C25H37NO8. The maximum Gasteiger partial charge on any atom is 0.303 e. The number of aliphatic hydroxyl groups excluding tert-OH is 1. The van der Waals surface area contributed by atoms with E-state index in [1.165, 1.54) is 6.92 Å². The van der Waals surface area contributed by atoms with Crippen molar-refractivity contribution in [3.05, 3.63) is 0 Å². The molecule has 7 bridgehead atoms. The first-order valence-electron chi connectivity index (χ1n) is 12.9. The van der Waals surface area contributed by atoms with Gasteiger partial charge in [0.1, 0.15) is 18.5 Å². The number of aliphatic hydroxyl groups is 2. The fourth-order valence-electron chi connectivity index (χ4n) is 11.1. The molecule has 0 aromatic heterocycles. The van der Waals surface area contributed by atoms with Crippen molar-refractivity contribution >= 4 is 5.97 Å². The highest BCUT2D eigenvalue weighted by Gasteiger charge is 2.96. The lowest BCUT2D eigenvalue weighted by Crippen LogP contribution is -2.85. The Morgan fingerprint density at radius 1 is 1.18 bits per heavy atom. The molecule has 9 heteroatoms. The van der Waals surface area contributed by atoms with E-state index in [-0.39, 0.29) is 48.8 Å². The van der Waals surface area contributed by atoms with Gasteiger partial charge in [-0.05, 0) is 31.7 Å². The normalized spacial score (nSPS) is 60.8. The van der Waals surface area contributed by atoms with E-state index in [4.69, 9.17) is 23.7 Å². The Bertz CT molecular complexity index is 917. The standard InChI is InChI=1S/C25H37NO8/c1-5-26-10-13-6-7-16(31-4)24-17(13)20(34-12(2)27)25(21(24)26)23(32-11-33-25)9-15(30-3)14-8-22(24,29)19(23)18(14)28/h13-21,28-29H,5-11H2,1-4H3/t13-,14-,15+,16-,17-,18+,19+,20+,21-,22+,23-,24+,25+/m0/s1. The number of methoxy groups -OCH3 is 2. The quantitative estimate of drug-likeness (QED) is 0.551. The summed E-state index contributed by atoms with van der Waals surface area (Å²) in [5, 5.41) is 24.8. The molecule has 13 atom stereocenters. The summed E-state index contributed by atoms with van der Waals surface area (Å²) >= 11 is 0. The second-order valence-electron chi connectivity index (χ2n) is 11.9. The maximum absolute atomic E-state index is 13.1. The minimum absolute atomic E-state index is 0.0390. The average Bonchev–Trinajstić information content (AvgIpc) is 3.32. The summed E-state index contributed by atoms with van der Waals surface area (Å²) in [7, 11) is 3.39. The summed E-state index contributed by atoms with van der Waals surface area (Å²) in [5.41, 5.74) is -4.06. The van der Waals surface area contributed by atoms with E-state index in [1.807, 2.05) is 0 Å². The minimum Gasteiger partial charge on any atom is -0.459 e. The highest BCUT2D eigenvalue weighted by atomic mass is 16.7. The molecule has 190 valence electrons. The first-order valence-corrected chi connectivity index (χ1v) is 12.9. The van der Waals surface area contributed by atoms with Gasteiger partial charge in [0.25, 0.3) is 0 Å². The molecule has 0 amide bonds. The van der Waals surface area contributed by atoms with Crippen LogP contribution in [0.1, 0.15) is 39.5 Å². The molecule has 7 aliphatic rings. The van der Waals surface area contributed by atoms with Crippen molar-refractivity contribution in [3.63, 3.8) is 0 Å². The van der Waals surface area contributed by atoms with Gasteiger partial charge in [0.2, 0.25) is 0 Å². The maximum atomic E-state index is 13.1. The first kappa shape index (κ1) is 22.4. The van der Waals surface area contributed by atoms with Crippen LogP contribution >= 0.6 is 0 Å². The molecule has 2 aliphatic heterocycles. The van der Waals surface area contributed by atoms with Crippen LogP contribution in [0.25, 0.3) is 0 Å². The number of hydrogen-bond donors (Lipinski definition) is 2. The Morgan fingerprint density at radius 2 is 1.97 bits per heavy atom. The van der Waals surface area contributed by atoms with Crippen molar-refractivity contribution in [1.29, 1.82) is 0 Å². The molecule has 0 unspecified atom stereocenters. The van der Waals surface area contributed by atoms with Crippen molar-refractivity contribution < 1.29 is 38.7 Å². The molecule has 34 heavy (non-hydrogen) atoms. The number of nitrogens with zero attached hydrogens (tertiary/aromatic N) is 1. The van der Waals surface area contributed by atoms with E-state index in [2.05, 4.69) is 11.8 Å². The van der Waals surface area contributed by atoms with Gasteiger partial charge in [-0.15, -0.1) is 0 Å². The molecule has 2 saturated heterocycles. The van der Waals surface area contributed by atoms with Gasteiger partial charge in [-0.2, -0.15) is 0 Å². The Morgan fingerprint density at radius 3 is 2.65 bits per heavy atom. The zero-order chi connectivity index (χ0) is 23.8. The zero-order valence-electron chi connectivity index (χ0n) is 20.4. The molecule has 5 aliphatic carbocycles. The summed E-state index contributed by atoms with van der Waals surface area (Å²) in [6, 6.07) is -0.258. The van der Waals surface area contributed by atoms with Crippen LogP contribution in [0.5, 0.6) is 0 Å². The molecule has 5 saturated carbocycles. The number of ether oxygens (including phenoxy) is 5. The number of rotatable bonds is 4. The molecular weight excluding hydrogens is 442 g/mol. The van der Waals surface area contributed by atoms with Gasteiger partial charge in [0, 0.05) is 51.9 Å². The zero-order valence-corrected chi connectivity index (χ0v) is 20.4. The van der Waals surface area contributed by atoms with Crippen LogP contribution in [0.2, 0.25) is 0 Å². The lowest BCUT2D eigenvalue weighted by Gasteiger charge is -2.70. The minimum atomic E-state index is -1.26. The van der Waals surface area contributed by atoms with Gasteiger partial charge >= 0.3 is 5.97 Å². The Labute approximate surface area is 200 Å². The van der Waals surface area contributed by atoms with Crippen LogP contribution in [0, 0.1) is 29.1 Å². The third-order valence-corrected chi connectivity index (χ3v) is 11.5. The number of fused-ring (bicyclic) bond motifs is 1. The van der Waals surface area contributed by atoms with Crippen LogP contribution in [0.15, 0.2) is 0 Å². The first-order chi connectivity index (χ1) is 16.3. The third-order valence-electron chi connectivity index (χ3n) is 11.5. The van der Waals surface area contributed by atoms with Gasteiger partial charge in [-0.3, -0.25) is 9.69 Å². The van der Waals surface area contributed by atoms with E-state index in [9.17, 15) is 15.0 Å². The lowest BCUT2D eigenvalue weighted by molar-refractivity contribution is -0.323. The van der Waals surface area contributed by atoms with Crippen LogP contribution < -0.4 is 0 Å². The summed E-state index contributed by atoms with van der Waals surface area (Å²) in [6.07, 6.45) is 0.750. The predicted molar refractivity (Wildman–Crippen MR) is 116 cm³/mol. The molecule has 0 aromatic carbocycles. The van der Waals surface area contributed by atoms with E-state index < -0.39 is 40.3 Å². The second-order valence-corrected chi connectivity index (χ2v) is 11.9. The van der Waals surface area contributed by atoms with Gasteiger partial charge in [0.15, 0.2) is 5.60 Å². The number of esters is 1. The summed E-state index contributed by atoms with van der Waals surface area (Å²) in [5.74, 6) is -1.02. The van der Waals surface area contributed by atoms with Crippen molar-refractivity contribution in [1.82, 2.24) is 4.90 Å². The second kappa shape index (κ2) is 6.73. The summed E-state index contributed by atoms with van der Waals surface area (Å²) in [6.45, 7) is 5.27. The molecule has 3 spiro atoms. The number of likely N-dealkylation sites (tertiary alicyclic amines) is 1. The van der Waals surface area contributed by atoms with Crippen LogP contribution in [-0.4, -0.2) is 102 Å². The Hall–Kier alpha value is -0.810. The summed E-state index contributed by atoms with van der Waals surface area (Å²) < 4.78 is 31.7. The number of piperidine rings is 1. The third kappa shape index (κ3) is 1.97. The van der Waals surface area contributed by atoms with Gasteiger partial charge in [-0.1, -0.05) is 6.92 Å².